The Morgan fingerprint density at radius 3 is 2.08 bits per heavy atom. The molecule has 26 nitrogen and oxygen atoms in total. The number of alkyl carbamates (subject to hydrolysis) is 1. The van der Waals surface area contributed by atoms with E-state index in [9.17, 15) is 38.4 Å². The van der Waals surface area contributed by atoms with Gasteiger partial charge in [-0.3, -0.25) is 38.7 Å². The highest BCUT2D eigenvalue weighted by Gasteiger charge is 2.45. The van der Waals surface area contributed by atoms with Crippen molar-refractivity contribution in [3.8, 4) is 11.1 Å². The van der Waals surface area contributed by atoms with Crippen LogP contribution in [0.2, 0.25) is 5.02 Å². The minimum atomic E-state index is -1.32. The second-order valence-corrected chi connectivity index (χ2v) is 29.7. The van der Waals surface area contributed by atoms with Crippen LogP contribution in [0.15, 0.2) is 79.4 Å². The van der Waals surface area contributed by atoms with Crippen LogP contribution in [0.5, 0.6) is 0 Å². The summed E-state index contributed by atoms with van der Waals surface area (Å²) < 4.78 is 23.6. The summed E-state index contributed by atoms with van der Waals surface area (Å²) in [4.78, 5) is 140. The lowest BCUT2D eigenvalue weighted by Gasteiger charge is -2.42. The molecule has 3 aromatic heterocycles. The SMILES string of the molecule is CCc1cccc(-c2cnc(C(=O)N3CCC(OCCN(CC(=O)N4CCN(CC[C@H](NC(=O)C5(NC(=O)OC(C)(C)C)CCN(c6ncnc7[nH]ccc67)CC5)c5ccc(Cl)cc5)CC4)C(=O)OC(C)(C)C)CC3)c(NC(=O)CN(CC3CCN(C)C(=O)C3)C(=O)OC(C)(C)C)c2)c1. The lowest BCUT2D eigenvalue weighted by Crippen LogP contribution is -2.64. The van der Waals surface area contributed by atoms with Crippen LogP contribution < -0.4 is 20.9 Å². The molecule has 0 aliphatic carbocycles. The molecule has 7 heterocycles. The molecule has 99 heavy (non-hydrogen) atoms. The Hall–Kier alpha value is -8.62. The summed E-state index contributed by atoms with van der Waals surface area (Å²) in [5.41, 5.74) is 0.529. The molecule has 9 rings (SSSR count). The summed E-state index contributed by atoms with van der Waals surface area (Å²) >= 11 is 6.37. The van der Waals surface area contributed by atoms with E-state index in [4.69, 9.17) is 30.5 Å². The third-order valence-corrected chi connectivity index (χ3v) is 18.4. The van der Waals surface area contributed by atoms with Crippen molar-refractivity contribution in [2.24, 2.45) is 5.92 Å². The smallest absolute Gasteiger partial charge is 0.410 e. The lowest BCUT2D eigenvalue weighted by atomic mass is 9.85. The second kappa shape index (κ2) is 32.6. The number of amides is 8. The fourth-order valence-corrected chi connectivity index (χ4v) is 12.8. The average molecular weight is 1390 g/mol. The largest absolute Gasteiger partial charge is 0.444 e. The molecule has 0 radical (unpaired) electrons. The Kier molecular flexibility index (Phi) is 24.6. The number of nitrogens with zero attached hydrogens (tertiary/aromatic N) is 10. The van der Waals surface area contributed by atoms with Gasteiger partial charge in [0, 0.05) is 115 Å². The first kappa shape index (κ1) is 74.6. The number of H-pyrrole nitrogens is 1. The number of fused-ring (bicyclic) bond motifs is 1. The molecule has 536 valence electrons. The zero-order valence-corrected chi connectivity index (χ0v) is 60.0. The summed E-state index contributed by atoms with van der Waals surface area (Å²) in [6.45, 7) is 21.9. The number of hydrogen-bond acceptors (Lipinski definition) is 17. The summed E-state index contributed by atoms with van der Waals surface area (Å²) in [6, 6.07) is 18.4. The van der Waals surface area contributed by atoms with Gasteiger partial charge >= 0.3 is 18.3 Å². The van der Waals surface area contributed by atoms with Gasteiger partial charge < -0.3 is 59.5 Å². The van der Waals surface area contributed by atoms with E-state index in [1.165, 1.54) is 16.1 Å². The number of likely N-dealkylation sites (tertiary alicyclic amines) is 2. The van der Waals surface area contributed by atoms with Gasteiger partial charge in [0.05, 0.1) is 29.8 Å². The molecule has 0 bridgehead atoms. The van der Waals surface area contributed by atoms with Crippen LogP contribution >= 0.6 is 11.6 Å². The average Bonchev–Trinajstić information content (AvgIpc) is 1.64. The van der Waals surface area contributed by atoms with Crippen molar-refractivity contribution in [3.63, 3.8) is 0 Å². The van der Waals surface area contributed by atoms with Gasteiger partial charge in [-0.25, -0.2) is 29.3 Å². The maximum Gasteiger partial charge on any atom is 0.410 e. The van der Waals surface area contributed by atoms with Crippen LogP contribution in [0.3, 0.4) is 0 Å². The number of aryl methyl sites for hydroxylation is 1. The predicted octanol–water partition coefficient (Wildman–Crippen LogP) is 9.09. The first-order chi connectivity index (χ1) is 46.9. The third-order valence-electron chi connectivity index (χ3n) is 18.1. The number of piperazine rings is 1. The Morgan fingerprint density at radius 1 is 0.747 bits per heavy atom. The fraction of sp³-hybridized carbons (Fsp3) is 0.569. The molecule has 1 unspecified atom stereocenters. The van der Waals surface area contributed by atoms with Crippen LogP contribution in [-0.2, 0) is 44.5 Å². The fourth-order valence-electron chi connectivity index (χ4n) is 12.7. The first-order valence-electron chi connectivity index (χ1n) is 34.5. The molecule has 4 aliphatic heterocycles. The van der Waals surface area contributed by atoms with E-state index in [0.717, 1.165) is 34.3 Å². The molecule has 4 aliphatic rings. The zero-order valence-electron chi connectivity index (χ0n) is 59.3. The molecule has 5 aromatic rings. The molecule has 4 saturated heterocycles. The van der Waals surface area contributed by atoms with Crippen molar-refractivity contribution in [2.45, 2.75) is 155 Å². The number of rotatable bonds is 22. The van der Waals surface area contributed by atoms with Crippen molar-refractivity contribution >= 4 is 82.0 Å². The van der Waals surface area contributed by atoms with Gasteiger partial charge in [-0.05, 0) is 154 Å². The Balaban J connectivity index is 0.794. The molecular formula is C72H99ClN14O12. The number of piperidine rings is 3. The molecule has 0 spiro atoms. The molecule has 0 saturated carbocycles. The first-order valence-corrected chi connectivity index (χ1v) is 34.9. The number of carbonyl (C=O) groups is 8. The van der Waals surface area contributed by atoms with Crippen molar-refractivity contribution in [1.82, 2.24) is 60.0 Å². The Bertz CT molecular complexity index is 3660. The number of anilines is 2. The normalized spacial score (nSPS) is 17.5. The number of aromatic nitrogens is 4. The molecular weight excluding hydrogens is 1290 g/mol. The zero-order chi connectivity index (χ0) is 71.4. The number of carbonyl (C=O) groups excluding carboxylic acids is 8. The summed E-state index contributed by atoms with van der Waals surface area (Å²) in [5, 5.41) is 10.6. The number of hydrogen-bond donors (Lipinski definition) is 4. The van der Waals surface area contributed by atoms with Crippen LogP contribution in [0.1, 0.15) is 142 Å². The van der Waals surface area contributed by atoms with E-state index in [2.05, 4.69) is 52.6 Å². The van der Waals surface area contributed by atoms with E-state index < -0.39 is 65.0 Å². The summed E-state index contributed by atoms with van der Waals surface area (Å²) in [5.74, 6) is -1.05. The van der Waals surface area contributed by atoms with Crippen LogP contribution in [0, 0.1) is 5.92 Å². The lowest BCUT2D eigenvalue weighted by molar-refractivity contribution is -0.135. The van der Waals surface area contributed by atoms with Gasteiger partial charge in [-0.2, -0.15) is 0 Å². The van der Waals surface area contributed by atoms with Gasteiger partial charge in [0.2, 0.25) is 23.6 Å². The Labute approximate surface area is 585 Å². The summed E-state index contributed by atoms with van der Waals surface area (Å²) in [6.07, 6.45) is 6.22. The van der Waals surface area contributed by atoms with Gasteiger partial charge in [0.15, 0.2) is 5.69 Å². The number of aromatic amines is 1. The van der Waals surface area contributed by atoms with E-state index in [0.29, 0.717) is 107 Å². The predicted molar refractivity (Wildman–Crippen MR) is 376 cm³/mol. The molecule has 4 fully saturated rings. The van der Waals surface area contributed by atoms with Crippen molar-refractivity contribution in [2.75, 3.05) is 115 Å². The van der Waals surface area contributed by atoms with Gasteiger partial charge in [0.25, 0.3) is 5.91 Å². The van der Waals surface area contributed by atoms with Crippen molar-refractivity contribution in [1.29, 1.82) is 0 Å². The van der Waals surface area contributed by atoms with Crippen LogP contribution in [0.25, 0.3) is 22.2 Å². The highest BCUT2D eigenvalue weighted by Crippen LogP contribution is 2.33. The number of benzene rings is 2. The Morgan fingerprint density at radius 2 is 1.42 bits per heavy atom. The van der Waals surface area contributed by atoms with Gasteiger partial charge in [0.1, 0.15) is 53.2 Å². The van der Waals surface area contributed by atoms with Crippen molar-refractivity contribution < 1.29 is 57.3 Å². The van der Waals surface area contributed by atoms with Gasteiger partial charge in [-0.15, -0.1) is 0 Å². The van der Waals surface area contributed by atoms with E-state index in [-0.39, 0.29) is 86.6 Å². The minimum Gasteiger partial charge on any atom is -0.444 e. The number of ether oxygens (including phenoxy) is 4. The molecule has 2 atom stereocenters. The number of pyridine rings is 1. The topological polar surface area (TPSA) is 287 Å². The van der Waals surface area contributed by atoms with E-state index >= 15 is 0 Å². The monoisotopic (exact) mass is 1390 g/mol. The molecule has 27 heteroatoms. The van der Waals surface area contributed by atoms with Gasteiger partial charge in [-0.1, -0.05) is 54.9 Å². The molecule has 4 N–H and O–H groups in total. The van der Waals surface area contributed by atoms with Crippen LogP contribution in [-0.4, -0.2) is 231 Å². The van der Waals surface area contributed by atoms with E-state index in [1.54, 1.807) is 108 Å². The quantitative estimate of drug-likeness (QED) is 0.0470. The van der Waals surface area contributed by atoms with Crippen LogP contribution in [0.4, 0.5) is 25.9 Å². The molecule has 2 aromatic carbocycles. The highest BCUT2D eigenvalue weighted by molar-refractivity contribution is 6.30. The number of halogens is 1. The van der Waals surface area contributed by atoms with Crippen molar-refractivity contribution in [3.05, 3.63) is 101 Å². The number of nitrogens with one attached hydrogen (secondary N) is 4. The third kappa shape index (κ3) is 21.0. The second-order valence-electron chi connectivity index (χ2n) is 29.2. The maximum absolute atomic E-state index is 14.9. The highest BCUT2D eigenvalue weighted by atomic mass is 35.5. The maximum atomic E-state index is 14.9. The minimum absolute atomic E-state index is 0.0260. The molecule has 8 amide bonds. The standard InChI is InChI=1S/C72H99ClN14O12/c1-12-48-14-13-15-51(40-48)52-42-57(78-58(88)45-87(68(95)99-71(8,9)10)44-49-21-28-81(11)59(89)41-49)61(75-43-52)64(91)85-30-22-54(23-31-85)96-39-38-86(67(94)98-70(5,6)7)46-60(90)83-36-34-82(35-37-83)29-24-56(50-16-18-53(73)19-17-50)79-65(92)72(80-66(93)97-69(2,3)4)25-32-84(33-26-72)63-55-20-27-74-62(55)76-47-77-63/h13-20,27,40,42-43,47,49,54,56H,12,21-26,28-39,41,44-46H2,1-11H3,(H,78,88)(H,79,92)(H,80,93)(H,74,76,77)/t49?,56-/m0/s1. The van der Waals surface area contributed by atoms with E-state index in [1.807, 2.05) is 48.7 Å². The summed E-state index contributed by atoms with van der Waals surface area (Å²) in [7, 11) is 1.74.